The van der Waals surface area contributed by atoms with Crippen LogP contribution >= 0.6 is 0 Å². The van der Waals surface area contributed by atoms with Gasteiger partial charge in [0.15, 0.2) is 0 Å². The second-order valence-electron chi connectivity index (χ2n) is 4.41. The molecule has 0 heterocycles. The Labute approximate surface area is 104 Å². The first-order valence-corrected chi connectivity index (χ1v) is 5.63. The molecule has 2 aromatic carbocycles. The SMILES string of the molecule is Cc1ccc(-c2ccc(C)cc2C(F)(F)F)cc1. The monoisotopic (exact) mass is 250 g/mol. The highest BCUT2D eigenvalue weighted by molar-refractivity contribution is 5.68. The summed E-state index contributed by atoms with van der Waals surface area (Å²) in [6.07, 6.45) is -4.33. The molecule has 0 saturated heterocycles. The molecule has 0 aliphatic carbocycles. The lowest BCUT2D eigenvalue weighted by Gasteiger charge is -2.14. The number of benzene rings is 2. The van der Waals surface area contributed by atoms with Crippen LogP contribution in [0.5, 0.6) is 0 Å². The summed E-state index contributed by atoms with van der Waals surface area (Å²) >= 11 is 0. The molecule has 18 heavy (non-hydrogen) atoms. The van der Waals surface area contributed by atoms with Crippen LogP contribution in [-0.2, 0) is 6.18 Å². The van der Waals surface area contributed by atoms with Gasteiger partial charge in [-0.15, -0.1) is 0 Å². The summed E-state index contributed by atoms with van der Waals surface area (Å²) in [5, 5.41) is 0. The highest BCUT2D eigenvalue weighted by Gasteiger charge is 2.33. The third-order valence-corrected chi connectivity index (χ3v) is 2.84. The minimum absolute atomic E-state index is 0.230. The van der Waals surface area contributed by atoms with E-state index in [-0.39, 0.29) is 5.56 Å². The fraction of sp³-hybridized carbons (Fsp3) is 0.200. The lowest BCUT2D eigenvalue weighted by Crippen LogP contribution is -2.07. The summed E-state index contributed by atoms with van der Waals surface area (Å²) in [7, 11) is 0. The molecule has 3 heteroatoms. The molecule has 0 nitrogen and oxygen atoms in total. The van der Waals surface area contributed by atoms with Crippen molar-refractivity contribution >= 4 is 0 Å². The summed E-state index contributed by atoms with van der Waals surface area (Å²) in [5.41, 5.74) is 1.88. The normalized spacial score (nSPS) is 11.6. The molecule has 0 bridgehead atoms. The Balaban J connectivity index is 2.60. The number of rotatable bonds is 1. The predicted octanol–water partition coefficient (Wildman–Crippen LogP) is 4.99. The maximum absolute atomic E-state index is 13.0. The van der Waals surface area contributed by atoms with Crippen molar-refractivity contribution in [2.24, 2.45) is 0 Å². The Bertz CT molecular complexity index is 551. The van der Waals surface area contributed by atoms with Gasteiger partial charge in [-0.2, -0.15) is 13.2 Å². The zero-order valence-corrected chi connectivity index (χ0v) is 10.2. The summed E-state index contributed by atoms with van der Waals surface area (Å²) < 4.78 is 39.0. The van der Waals surface area contributed by atoms with Crippen molar-refractivity contribution < 1.29 is 13.2 Å². The average Bonchev–Trinajstić information content (AvgIpc) is 2.29. The zero-order chi connectivity index (χ0) is 13.3. The van der Waals surface area contributed by atoms with Gasteiger partial charge in [0.05, 0.1) is 5.56 Å². The third kappa shape index (κ3) is 2.55. The van der Waals surface area contributed by atoms with E-state index in [1.54, 1.807) is 25.1 Å². The zero-order valence-electron chi connectivity index (χ0n) is 10.2. The molecular weight excluding hydrogens is 237 g/mol. The van der Waals surface area contributed by atoms with Crippen LogP contribution in [0, 0.1) is 13.8 Å². The third-order valence-electron chi connectivity index (χ3n) is 2.84. The first-order valence-electron chi connectivity index (χ1n) is 5.63. The van der Waals surface area contributed by atoms with E-state index in [0.717, 1.165) is 5.56 Å². The summed E-state index contributed by atoms with van der Waals surface area (Å²) in [6, 6.07) is 11.5. The van der Waals surface area contributed by atoms with Crippen molar-refractivity contribution in [1.29, 1.82) is 0 Å². The van der Waals surface area contributed by atoms with Gasteiger partial charge in [-0.25, -0.2) is 0 Å². The molecule has 0 radical (unpaired) electrons. The van der Waals surface area contributed by atoms with E-state index in [0.29, 0.717) is 11.1 Å². The number of hydrogen-bond acceptors (Lipinski definition) is 0. The molecule has 0 unspecified atom stereocenters. The van der Waals surface area contributed by atoms with Crippen LogP contribution in [0.2, 0.25) is 0 Å². The Morgan fingerprint density at radius 2 is 1.33 bits per heavy atom. The van der Waals surface area contributed by atoms with Crippen LogP contribution < -0.4 is 0 Å². The van der Waals surface area contributed by atoms with Gasteiger partial charge in [-0.1, -0.05) is 47.5 Å². The average molecular weight is 250 g/mol. The number of aryl methyl sites for hydroxylation is 2. The van der Waals surface area contributed by atoms with Gasteiger partial charge < -0.3 is 0 Å². The Morgan fingerprint density at radius 3 is 1.89 bits per heavy atom. The summed E-state index contributed by atoms with van der Waals surface area (Å²) in [6.45, 7) is 3.57. The van der Waals surface area contributed by atoms with Crippen LogP contribution in [0.15, 0.2) is 42.5 Å². The van der Waals surface area contributed by atoms with E-state index in [1.165, 1.54) is 12.1 Å². The molecule has 0 atom stereocenters. The molecule has 0 fully saturated rings. The van der Waals surface area contributed by atoms with Crippen LogP contribution in [-0.4, -0.2) is 0 Å². The molecule has 0 N–H and O–H groups in total. The summed E-state index contributed by atoms with van der Waals surface area (Å²) in [5.74, 6) is 0. The first kappa shape index (κ1) is 12.7. The Kier molecular flexibility index (Phi) is 3.16. The Hall–Kier alpha value is -1.77. The highest BCUT2D eigenvalue weighted by Crippen LogP contribution is 2.37. The van der Waals surface area contributed by atoms with Crippen LogP contribution in [0.4, 0.5) is 13.2 Å². The second kappa shape index (κ2) is 4.48. The smallest absolute Gasteiger partial charge is 0.166 e. The fourth-order valence-electron chi connectivity index (χ4n) is 1.88. The minimum Gasteiger partial charge on any atom is -0.166 e. The molecular formula is C15H13F3. The molecule has 2 aromatic rings. The fourth-order valence-corrected chi connectivity index (χ4v) is 1.88. The van der Waals surface area contributed by atoms with E-state index in [4.69, 9.17) is 0 Å². The Morgan fingerprint density at radius 1 is 0.778 bits per heavy atom. The maximum Gasteiger partial charge on any atom is 0.417 e. The quantitative estimate of drug-likeness (QED) is 0.669. The minimum atomic E-state index is -4.33. The van der Waals surface area contributed by atoms with Gasteiger partial charge in [0.1, 0.15) is 0 Å². The lowest BCUT2D eigenvalue weighted by molar-refractivity contribution is -0.137. The molecule has 0 spiro atoms. The standard InChI is InChI=1S/C15H13F3/c1-10-3-6-12(7-4-10)13-8-5-11(2)9-14(13)15(16,17)18/h3-9H,1-2H3. The van der Waals surface area contributed by atoms with Crippen molar-refractivity contribution in [3.8, 4) is 11.1 Å². The maximum atomic E-state index is 13.0. The highest BCUT2D eigenvalue weighted by atomic mass is 19.4. The molecule has 0 aliphatic heterocycles. The molecule has 0 aliphatic rings. The van der Waals surface area contributed by atoms with E-state index >= 15 is 0 Å². The topological polar surface area (TPSA) is 0 Å². The van der Waals surface area contributed by atoms with Gasteiger partial charge in [0, 0.05) is 0 Å². The van der Waals surface area contributed by atoms with Crippen molar-refractivity contribution in [2.45, 2.75) is 20.0 Å². The van der Waals surface area contributed by atoms with Crippen molar-refractivity contribution in [3.05, 3.63) is 59.2 Å². The van der Waals surface area contributed by atoms with Crippen LogP contribution in [0.1, 0.15) is 16.7 Å². The number of alkyl halides is 3. The van der Waals surface area contributed by atoms with E-state index in [1.807, 2.05) is 19.1 Å². The lowest BCUT2D eigenvalue weighted by atomic mass is 9.97. The molecule has 94 valence electrons. The number of halogens is 3. The molecule has 0 aromatic heterocycles. The largest absolute Gasteiger partial charge is 0.417 e. The van der Waals surface area contributed by atoms with Crippen LogP contribution in [0.3, 0.4) is 0 Å². The van der Waals surface area contributed by atoms with E-state index in [9.17, 15) is 13.2 Å². The van der Waals surface area contributed by atoms with Crippen molar-refractivity contribution in [2.75, 3.05) is 0 Å². The van der Waals surface area contributed by atoms with Gasteiger partial charge >= 0.3 is 6.18 Å². The van der Waals surface area contributed by atoms with Crippen molar-refractivity contribution in [3.63, 3.8) is 0 Å². The van der Waals surface area contributed by atoms with Gasteiger partial charge in [-0.05, 0) is 31.0 Å². The summed E-state index contributed by atoms with van der Waals surface area (Å²) in [4.78, 5) is 0. The molecule has 2 rings (SSSR count). The molecule has 0 saturated carbocycles. The van der Waals surface area contributed by atoms with E-state index < -0.39 is 11.7 Å². The second-order valence-corrected chi connectivity index (χ2v) is 4.41. The van der Waals surface area contributed by atoms with Crippen molar-refractivity contribution in [1.82, 2.24) is 0 Å². The molecule has 0 amide bonds. The van der Waals surface area contributed by atoms with Gasteiger partial charge in [0.2, 0.25) is 0 Å². The van der Waals surface area contributed by atoms with Gasteiger partial charge in [0.25, 0.3) is 0 Å². The van der Waals surface area contributed by atoms with Crippen LogP contribution in [0.25, 0.3) is 11.1 Å². The van der Waals surface area contributed by atoms with Gasteiger partial charge in [-0.3, -0.25) is 0 Å². The number of hydrogen-bond donors (Lipinski definition) is 0. The predicted molar refractivity (Wildman–Crippen MR) is 66.4 cm³/mol. The first-order chi connectivity index (χ1) is 8.38. The van der Waals surface area contributed by atoms with E-state index in [2.05, 4.69) is 0 Å².